The molecule has 0 bridgehead atoms. The zero-order chi connectivity index (χ0) is 26.9. The zero-order valence-corrected chi connectivity index (χ0v) is 20.5. The summed E-state index contributed by atoms with van der Waals surface area (Å²) in [5.41, 5.74) is 6.16. The number of carboxylic acids is 2. The fourth-order valence-electron chi connectivity index (χ4n) is 2.51. The number of carbonyl (C=O) groups is 5. The van der Waals surface area contributed by atoms with E-state index >= 15 is 0 Å². The van der Waals surface area contributed by atoms with Crippen molar-refractivity contribution in [3.63, 3.8) is 0 Å². The molecule has 0 radical (unpaired) electrons. The molecule has 2 atom stereocenters. The summed E-state index contributed by atoms with van der Waals surface area (Å²) in [5.74, 6) is -4.76. The van der Waals surface area contributed by atoms with E-state index in [1.165, 1.54) is 0 Å². The Morgan fingerprint density at radius 3 is 2.44 bits per heavy atom. The topological polar surface area (TPSA) is 207 Å². The number of aliphatic carboxylic acids is 2. The number of amides is 2. The SMILES string of the molecule is CCOC(=O)/C(CSCC(NC(=O)CCC(N)C(=O)O)C(=O)NCC(=O)O)=N\OCc1ccccc1. The average Bonchev–Trinajstić information content (AvgIpc) is 2.84. The van der Waals surface area contributed by atoms with Crippen LogP contribution in [0.1, 0.15) is 25.3 Å². The van der Waals surface area contributed by atoms with Crippen molar-refractivity contribution in [2.45, 2.75) is 38.5 Å². The average molecular weight is 527 g/mol. The molecule has 0 heterocycles. The highest BCUT2D eigenvalue weighted by atomic mass is 32.2. The molecule has 0 saturated heterocycles. The second-order valence-electron chi connectivity index (χ2n) is 7.25. The van der Waals surface area contributed by atoms with Gasteiger partial charge in [-0.05, 0) is 18.9 Å². The molecule has 0 saturated carbocycles. The highest BCUT2D eigenvalue weighted by Crippen LogP contribution is 2.08. The van der Waals surface area contributed by atoms with Gasteiger partial charge in [-0.1, -0.05) is 35.5 Å². The first-order chi connectivity index (χ1) is 17.1. The minimum absolute atomic E-state index is 0.0317. The number of oxime groups is 1. The minimum atomic E-state index is -1.28. The summed E-state index contributed by atoms with van der Waals surface area (Å²) in [7, 11) is 0. The predicted octanol–water partition coefficient (Wildman–Crippen LogP) is -0.267. The van der Waals surface area contributed by atoms with E-state index in [9.17, 15) is 24.0 Å². The van der Waals surface area contributed by atoms with Crippen molar-refractivity contribution in [3.05, 3.63) is 35.9 Å². The first-order valence-electron chi connectivity index (χ1n) is 10.9. The van der Waals surface area contributed by atoms with Gasteiger partial charge < -0.3 is 36.2 Å². The number of nitrogens with zero attached hydrogens (tertiary/aromatic N) is 1. The van der Waals surface area contributed by atoms with Crippen LogP contribution < -0.4 is 16.4 Å². The predicted molar refractivity (Wildman–Crippen MR) is 130 cm³/mol. The van der Waals surface area contributed by atoms with Crippen LogP contribution >= 0.6 is 11.8 Å². The summed E-state index contributed by atoms with van der Waals surface area (Å²) >= 11 is 1.05. The molecule has 1 aromatic rings. The Morgan fingerprint density at radius 1 is 1.14 bits per heavy atom. The maximum absolute atomic E-state index is 12.4. The monoisotopic (exact) mass is 526 g/mol. The van der Waals surface area contributed by atoms with Gasteiger partial charge in [0, 0.05) is 17.9 Å². The number of ether oxygens (including phenoxy) is 1. The number of benzene rings is 1. The molecule has 6 N–H and O–H groups in total. The molecule has 14 heteroatoms. The van der Waals surface area contributed by atoms with E-state index in [2.05, 4.69) is 15.8 Å². The lowest BCUT2D eigenvalue weighted by molar-refractivity contribution is -0.139. The number of esters is 1. The highest BCUT2D eigenvalue weighted by molar-refractivity contribution is 8.00. The van der Waals surface area contributed by atoms with Crippen LogP contribution in [-0.2, 0) is 40.2 Å². The number of thioether (sulfide) groups is 1. The summed E-state index contributed by atoms with van der Waals surface area (Å²) in [5, 5.41) is 26.1. The summed E-state index contributed by atoms with van der Waals surface area (Å²) < 4.78 is 4.98. The van der Waals surface area contributed by atoms with Crippen LogP contribution in [0.15, 0.2) is 35.5 Å². The summed E-state index contributed by atoms with van der Waals surface area (Å²) in [4.78, 5) is 63.7. The maximum atomic E-state index is 12.4. The van der Waals surface area contributed by atoms with Gasteiger partial charge in [0.2, 0.25) is 11.8 Å². The quantitative estimate of drug-likeness (QED) is 0.101. The lowest BCUT2D eigenvalue weighted by Crippen LogP contribution is -2.49. The molecule has 1 rings (SSSR count). The number of hydrogen-bond donors (Lipinski definition) is 5. The van der Waals surface area contributed by atoms with Crippen LogP contribution in [0.25, 0.3) is 0 Å². The molecule has 2 amide bonds. The molecule has 0 aromatic heterocycles. The lowest BCUT2D eigenvalue weighted by Gasteiger charge is -2.18. The van der Waals surface area contributed by atoms with Gasteiger partial charge in [-0.3, -0.25) is 19.2 Å². The van der Waals surface area contributed by atoms with E-state index in [1.54, 1.807) is 6.92 Å². The van der Waals surface area contributed by atoms with Crippen LogP contribution in [0.5, 0.6) is 0 Å². The molecule has 2 unspecified atom stereocenters. The van der Waals surface area contributed by atoms with Crippen molar-refractivity contribution in [1.82, 2.24) is 10.6 Å². The smallest absolute Gasteiger partial charge is 0.356 e. The fourth-order valence-corrected chi connectivity index (χ4v) is 3.47. The van der Waals surface area contributed by atoms with Crippen molar-refractivity contribution in [2.24, 2.45) is 10.9 Å². The van der Waals surface area contributed by atoms with Gasteiger partial charge in [-0.25, -0.2) is 4.79 Å². The second-order valence-corrected chi connectivity index (χ2v) is 8.28. The Balaban J connectivity index is 2.78. The van der Waals surface area contributed by atoms with Crippen LogP contribution in [0.2, 0.25) is 0 Å². The standard InChI is InChI=1S/C22H30N4O9S/c1-2-34-22(33)17(26-35-11-14-6-4-3-5-7-14)13-36-12-16(20(30)24-10-19(28)29)25-18(27)9-8-15(23)21(31)32/h3-7,15-16H,2,8-13,23H2,1H3,(H,24,30)(H,25,27)(H,28,29)(H,31,32)/b26-17-. The Kier molecular flexibility index (Phi) is 14.3. The van der Waals surface area contributed by atoms with Crippen LogP contribution in [0, 0.1) is 0 Å². The first-order valence-corrected chi connectivity index (χ1v) is 12.0. The summed E-state index contributed by atoms with van der Waals surface area (Å²) in [6, 6.07) is 6.71. The van der Waals surface area contributed by atoms with Gasteiger partial charge in [-0.15, -0.1) is 0 Å². The maximum Gasteiger partial charge on any atom is 0.356 e. The van der Waals surface area contributed by atoms with Crippen LogP contribution in [0.4, 0.5) is 0 Å². The van der Waals surface area contributed by atoms with Gasteiger partial charge >= 0.3 is 17.9 Å². The first kappa shape index (κ1) is 30.4. The van der Waals surface area contributed by atoms with Gasteiger partial charge in [0.25, 0.3) is 0 Å². The van der Waals surface area contributed by atoms with Gasteiger partial charge in [0.15, 0.2) is 5.71 Å². The number of carboxylic acid groups (broad SMARTS) is 2. The Hall–Kier alpha value is -3.65. The Labute approximate surface area is 211 Å². The molecule has 0 fully saturated rings. The Bertz CT molecular complexity index is 927. The van der Waals surface area contributed by atoms with E-state index in [0.717, 1.165) is 17.3 Å². The van der Waals surface area contributed by atoms with E-state index in [4.69, 9.17) is 25.5 Å². The highest BCUT2D eigenvalue weighted by Gasteiger charge is 2.24. The number of carbonyl (C=O) groups excluding carboxylic acids is 3. The molecule has 0 spiro atoms. The van der Waals surface area contributed by atoms with Crippen molar-refractivity contribution in [2.75, 3.05) is 24.7 Å². The van der Waals surface area contributed by atoms with Crippen molar-refractivity contribution < 1.29 is 43.8 Å². The number of hydrogen-bond acceptors (Lipinski definition) is 10. The molecular formula is C22H30N4O9S. The summed E-state index contributed by atoms with van der Waals surface area (Å²) in [6.07, 6.45) is -0.417. The fraction of sp³-hybridized carbons (Fsp3) is 0.455. The van der Waals surface area contributed by atoms with Crippen LogP contribution in [0.3, 0.4) is 0 Å². The van der Waals surface area contributed by atoms with E-state index in [0.29, 0.717) is 0 Å². The van der Waals surface area contributed by atoms with Gasteiger partial charge in [0.05, 0.1) is 6.61 Å². The third kappa shape index (κ3) is 12.7. The molecule has 0 aliphatic carbocycles. The van der Waals surface area contributed by atoms with Crippen molar-refractivity contribution >= 4 is 47.2 Å². The number of nitrogens with two attached hydrogens (primary N) is 1. The van der Waals surface area contributed by atoms with E-state index in [1.807, 2.05) is 30.3 Å². The third-order valence-corrected chi connectivity index (χ3v) is 5.39. The number of nitrogens with one attached hydrogen (secondary N) is 2. The molecule has 0 aliphatic rings. The second kappa shape index (κ2) is 16.9. The normalized spacial score (nSPS) is 12.7. The van der Waals surface area contributed by atoms with Crippen molar-refractivity contribution in [3.8, 4) is 0 Å². The lowest BCUT2D eigenvalue weighted by atomic mass is 10.1. The third-order valence-electron chi connectivity index (χ3n) is 4.35. The molecule has 198 valence electrons. The van der Waals surface area contributed by atoms with Crippen LogP contribution in [-0.4, -0.2) is 82.4 Å². The molecule has 36 heavy (non-hydrogen) atoms. The molecular weight excluding hydrogens is 496 g/mol. The molecule has 1 aromatic carbocycles. The largest absolute Gasteiger partial charge is 0.480 e. The van der Waals surface area contributed by atoms with E-state index < -0.39 is 48.4 Å². The molecule has 0 aliphatic heterocycles. The number of rotatable bonds is 17. The Morgan fingerprint density at radius 2 is 1.83 bits per heavy atom. The molecule has 13 nitrogen and oxygen atoms in total. The van der Waals surface area contributed by atoms with Gasteiger partial charge in [-0.2, -0.15) is 11.8 Å². The van der Waals surface area contributed by atoms with E-state index in [-0.39, 0.29) is 43.3 Å². The minimum Gasteiger partial charge on any atom is -0.480 e. The van der Waals surface area contributed by atoms with Crippen molar-refractivity contribution in [1.29, 1.82) is 0 Å². The summed E-state index contributed by atoms with van der Waals surface area (Å²) in [6.45, 7) is 1.18. The van der Waals surface area contributed by atoms with Gasteiger partial charge in [0.1, 0.15) is 25.2 Å². The zero-order valence-electron chi connectivity index (χ0n) is 19.7.